The van der Waals surface area contributed by atoms with E-state index in [4.69, 9.17) is 11.6 Å². The molecule has 3 nitrogen and oxygen atoms in total. The lowest BCUT2D eigenvalue weighted by Gasteiger charge is -2.11. The molecule has 0 aliphatic carbocycles. The van der Waals surface area contributed by atoms with Crippen LogP contribution in [0.25, 0.3) is 0 Å². The third-order valence-electron chi connectivity index (χ3n) is 2.92. The zero-order chi connectivity index (χ0) is 14.0. The zero-order valence-corrected chi connectivity index (χ0v) is 12.8. The smallest absolute Gasteiger partial charge is 0.155 e. The fraction of sp³-hybridized carbons (Fsp3) is 0.231. The lowest BCUT2D eigenvalue weighted by atomic mass is 10.2. The highest BCUT2D eigenvalue weighted by Crippen LogP contribution is 2.22. The first kappa shape index (κ1) is 14.2. The van der Waals surface area contributed by atoms with Gasteiger partial charge in [-0.3, -0.25) is 0 Å². The zero-order valence-electron chi connectivity index (χ0n) is 10.5. The maximum absolute atomic E-state index is 13.6. The molecule has 0 saturated carbocycles. The molecule has 19 heavy (non-hydrogen) atoms. The first-order chi connectivity index (χ1) is 8.99. The molecule has 0 fully saturated rings. The molecule has 1 heterocycles. The van der Waals surface area contributed by atoms with Crippen molar-refractivity contribution in [2.45, 2.75) is 20.4 Å². The van der Waals surface area contributed by atoms with Crippen LogP contribution in [0.3, 0.4) is 0 Å². The maximum Gasteiger partial charge on any atom is 0.155 e. The molecule has 0 unspecified atom stereocenters. The van der Waals surface area contributed by atoms with Crippen LogP contribution < -0.4 is 5.32 Å². The Morgan fingerprint density at radius 1 is 1.26 bits per heavy atom. The van der Waals surface area contributed by atoms with E-state index in [0.717, 1.165) is 15.6 Å². The minimum absolute atomic E-state index is 0.257. The van der Waals surface area contributed by atoms with Gasteiger partial charge in [-0.1, -0.05) is 27.5 Å². The molecular weight excluding hydrogens is 333 g/mol. The van der Waals surface area contributed by atoms with Crippen LogP contribution >= 0.6 is 27.5 Å². The Bertz CT molecular complexity index is 619. The molecule has 1 aromatic carbocycles. The highest BCUT2D eigenvalue weighted by Gasteiger charge is 2.09. The second-order valence-corrected chi connectivity index (χ2v) is 5.45. The first-order valence-electron chi connectivity index (χ1n) is 5.66. The summed E-state index contributed by atoms with van der Waals surface area (Å²) < 4.78 is 14.4. The van der Waals surface area contributed by atoms with Crippen LogP contribution in [0.2, 0.25) is 5.15 Å². The Balaban J connectivity index is 2.19. The predicted molar refractivity (Wildman–Crippen MR) is 77.9 cm³/mol. The van der Waals surface area contributed by atoms with Gasteiger partial charge in [-0.05, 0) is 43.2 Å². The van der Waals surface area contributed by atoms with Crippen LogP contribution in [-0.4, -0.2) is 10.2 Å². The lowest BCUT2D eigenvalue weighted by molar-refractivity contribution is 0.612. The Labute approximate surface area is 124 Å². The van der Waals surface area contributed by atoms with Crippen molar-refractivity contribution in [3.05, 3.63) is 50.3 Å². The Hall–Kier alpha value is -1.20. The maximum atomic E-state index is 13.6. The summed E-state index contributed by atoms with van der Waals surface area (Å²) in [4.78, 5) is 0. The quantitative estimate of drug-likeness (QED) is 0.904. The highest BCUT2D eigenvalue weighted by molar-refractivity contribution is 9.10. The van der Waals surface area contributed by atoms with Crippen molar-refractivity contribution in [2.24, 2.45) is 0 Å². The third kappa shape index (κ3) is 3.22. The molecule has 0 bridgehead atoms. The predicted octanol–water partition coefficient (Wildman–Crippen LogP) is 4.26. The van der Waals surface area contributed by atoms with Crippen LogP contribution in [0.15, 0.2) is 22.7 Å². The molecule has 0 aliphatic heterocycles. The number of anilines is 1. The van der Waals surface area contributed by atoms with Crippen molar-refractivity contribution in [3.8, 4) is 0 Å². The van der Waals surface area contributed by atoms with Gasteiger partial charge in [-0.15, -0.1) is 10.2 Å². The van der Waals surface area contributed by atoms with Crippen molar-refractivity contribution < 1.29 is 4.39 Å². The fourth-order valence-electron chi connectivity index (χ4n) is 1.60. The summed E-state index contributed by atoms with van der Waals surface area (Å²) in [7, 11) is 0. The summed E-state index contributed by atoms with van der Waals surface area (Å²) in [6, 6.07) is 4.82. The van der Waals surface area contributed by atoms with Crippen molar-refractivity contribution >= 4 is 33.3 Å². The van der Waals surface area contributed by atoms with Gasteiger partial charge >= 0.3 is 0 Å². The summed E-state index contributed by atoms with van der Waals surface area (Å²) in [6.07, 6.45) is 0. The van der Waals surface area contributed by atoms with Gasteiger partial charge in [0.1, 0.15) is 5.82 Å². The van der Waals surface area contributed by atoms with Crippen LogP contribution in [-0.2, 0) is 6.54 Å². The second kappa shape index (κ2) is 5.84. The number of hydrogen-bond donors (Lipinski definition) is 1. The molecule has 100 valence electrons. The van der Waals surface area contributed by atoms with Crippen molar-refractivity contribution in [3.63, 3.8) is 0 Å². The minimum atomic E-state index is -0.257. The largest absolute Gasteiger partial charge is 0.364 e. The molecule has 0 aliphatic rings. The molecule has 0 amide bonds. The monoisotopic (exact) mass is 343 g/mol. The Kier molecular flexibility index (Phi) is 4.37. The van der Waals surface area contributed by atoms with E-state index in [-0.39, 0.29) is 5.82 Å². The number of rotatable bonds is 3. The molecule has 2 rings (SSSR count). The molecule has 1 aromatic heterocycles. The second-order valence-electron chi connectivity index (χ2n) is 4.18. The third-order valence-corrected chi connectivity index (χ3v) is 3.77. The normalized spacial score (nSPS) is 10.6. The average Bonchev–Trinajstić information content (AvgIpc) is 2.39. The number of aromatic nitrogens is 2. The van der Waals surface area contributed by atoms with Crippen molar-refractivity contribution in [1.82, 2.24) is 10.2 Å². The molecule has 1 N–H and O–H groups in total. The molecule has 6 heteroatoms. The standard InChI is InChI=1S/C13H12BrClFN3/c1-7-8(2)13(19-18-12(7)15)17-6-9-5-10(14)3-4-11(9)16/h3-5H,6H2,1-2H3,(H,17,19). The number of benzene rings is 1. The van der Waals surface area contributed by atoms with E-state index in [1.807, 2.05) is 13.8 Å². The minimum Gasteiger partial charge on any atom is -0.364 e. The summed E-state index contributed by atoms with van der Waals surface area (Å²) >= 11 is 9.20. The number of nitrogens with one attached hydrogen (secondary N) is 1. The number of halogens is 3. The van der Waals surface area contributed by atoms with Crippen LogP contribution in [0.1, 0.15) is 16.7 Å². The van der Waals surface area contributed by atoms with Gasteiger partial charge < -0.3 is 5.32 Å². The van der Waals surface area contributed by atoms with Gasteiger partial charge in [0, 0.05) is 16.6 Å². The molecule has 0 atom stereocenters. The van der Waals surface area contributed by atoms with Gasteiger partial charge in [0.05, 0.1) is 0 Å². The molecule has 0 radical (unpaired) electrons. The molecule has 0 saturated heterocycles. The van der Waals surface area contributed by atoms with E-state index in [0.29, 0.717) is 23.1 Å². The van der Waals surface area contributed by atoms with E-state index < -0.39 is 0 Å². The van der Waals surface area contributed by atoms with Gasteiger partial charge in [0.2, 0.25) is 0 Å². The van der Waals surface area contributed by atoms with Crippen LogP contribution in [0.4, 0.5) is 10.2 Å². The van der Waals surface area contributed by atoms with Gasteiger partial charge in [0.25, 0.3) is 0 Å². The van der Waals surface area contributed by atoms with E-state index in [9.17, 15) is 4.39 Å². The van der Waals surface area contributed by atoms with Gasteiger partial charge in [-0.25, -0.2) is 4.39 Å². The molecule has 0 spiro atoms. The van der Waals surface area contributed by atoms with Gasteiger partial charge in [0.15, 0.2) is 11.0 Å². The average molecular weight is 345 g/mol. The van der Waals surface area contributed by atoms with E-state index >= 15 is 0 Å². The SMILES string of the molecule is Cc1c(Cl)nnc(NCc2cc(Br)ccc2F)c1C. The Morgan fingerprint density at radius 3 is 2.74 bits per heavy atom. The fourth-order valence-corrected chi connectivity index (χ4v) is 2.19. The topological polar surface area (TPSA) is 37.8 Å². The van der Waals surface area contributed by atoms with Gasteiger partial charge in [-0.2, -0.15) is 0 Å². The molecule has 2 aromatic rings. The van der Waals surface area contributed by atoms with Crippen molar-refractivity contribution in [1.29, 1.82) is 0 Å². The van der Waals surface area contributed by atoms with E-state index in [1.54, 1.807) is 12.1 Å². The Morgan fingerprint density at radius 2 is 2.00 bits per heavy atom. The van der Waals surface area contributed by atoms with E-state index in [1.165, 1.54) is 6.07 Å². The number of hydrogen-bond acceptors (Lipinski definition) is 3. The number of nitrogens with zero attached hydrogens (tertiary/aromatic N) is 2. The lowest BCUT2D eigenvalue weighted by Crippen LogP contribution is -2.07. The first-order valence-corrected chi connectivity index (χ1v) is 6.83. The molecular formula is C13H12BrClFN3. The summed E-state index contributed by atoms with van der Waals surface area (Å²) in [5.41, 5.74) is 2.34. The van der Waals surface area contributed by atoms with Crippen LogP contribution in [0, 0.1) is 19.7 Å². The summed E-state index contributed by atoms with van der Waals surface area (Å²) in [5.74, 6) is 0.355. The highest BCUT2D eigenvalue weighted by atomic mass is 79.9. The van der Waals surface area contributed by atoms with Crippen LogP contribution in [0.5, 0.6) is 0 Å². The van der Waals surface area contributed by atoms with Crippen molar-refractivity contribution in [2.75, 3.05) is 5.32 Å². The summed E-state index contributed by atoms with van der Waals surface area (Å²) in [5, 5.41) is 11.3. The van der Waals surface area contributed by atoms with E-state index in [2.05, 4.69) is 31.4 Å². The summed E-state index contributed by atoms with van der Waals surface area (Å²) in [6.45, 7) is 4.11.